The van der Waals surface area contributed by atoms with Gasteiger partial charge in [-0.2, -0.15) is 0 Å². The van der Waals surface area contributed by atoms with Gasteiger partial charge in [0, 0.05) is 63.0 Å². The number of piperazine rings is 1. The van der Waals surface area contributed by atoms with E-state index in [2.05, 4.69) is 10.2 Å². The summed E-state index contributed by atoms with van der Waals surface area (Å²) < 4.78 is 5.39. The van der Waals surface area contributed by atoms with E-state index in [0.717, 1.165) is 5.69 Å². The summed E-state index contributed by atoms with van der Waals surface area (Å²) in [6, 6.07) is 9.59. The number of halogens is 1. The Labute approximate surface area is 214 Å². The second kappa shape index (κ2) is 11.1. The highest BCUT2D eigenvalue weighted by molar-refractivity contribution is 6.33. The van der Waals surface area contributed by atoms with E-state index in [-0.39, 0.29) is 23.1 Å². The fourth-order valence-electron chi connectivity index (χ4n) is 4.47. The predicted molar refractivity (Wildman–Crippen MR) is 139 cm³/mol. The van der Waals surface area contributed by atoms with Gasteiger partial charge in [0.15, 0.2) is 0 Å². The van der Waals surface area contributed by atoms with Gasteiger partial charge in [-0.1, -0.05) is 25.4 Å². The molecule has 10 nitrogen and oxygen atoms in total. The van der Waals surface area contributed by atoms with Crippen molar-refractivity contribution in [2.45, 2.75) is 13.8 Å². The number of hydrogen-bond donors (Lipinski definition) is 1. The molecule has 0 saturated carbocycles. The van der Waals surface area contributed by atoms with Gasteiger partial charge in [-0.05, 0) is 24.3 Å². The number of nitro benzene ring substituents is 1. The van der Waals surface area contributed by atoms with E-state index in [4.69, 9.17) is 16.3 Å². The Kier molecular flexibility index (Phi) is 7.95. The largest absolute Gasteiger partial charge is 0.378 e. The zero-order valence-corrected chi connectivity index (χ0v) is 21.2. The number of ether oxygens (including phenoxy) is 1. The zero-order chi connectivity index (χ0) is 25.8. The second-order valence-corrected chi connectivity index (χ2v) is 9.55. The van der Waals surface area contributed by atoms with E-state index in [9.17, 15) is 19.7 Å². The molecule has 0 atom stereocenters. The lowest BCUT2D eigenvalue weighted by Gasteiger charge is -2.37. The first-order valence-corrected chi connectivity index (χ1v) is 12.4. The van der Waals surface area contributed by atoms with Crippen molar-refractivity contribution in [2.24, 2.45) is 5.92 Å². The number of benzene rings is 2. The molecule has 0 aromatic heterocycles. The van der Waals surface area contributed by atoms with Gasteiger partial charge >= 0.3 is 0 Å². The van der Waals surface area contributed by atoms with Crippen LogP contribution in [0.4, 0.5) is 22.7 Å². The van der Waals surface area contributed by atoms with Crippen LogP contribution in [0.2, 0.25) is 5.02 Å². The van der Waals surface area contributed by atoms with Crippen LogP contribution in [-0.2, 0) is 9.53 Å². The zero-order valence-electron chi connectivity index (χ0n) is 20.4. The van der Waals surface area contributed by atoms with Crippen LogP contribution in [0, 0.1) is 16.0 Å². The molecule has 2 heterocycles. The molecule has 11 heteroatoms. The summed E-state index contributed by atoms with van der Waals surface area (Å²) in [4.78, 5) is 42.3. The summed E-state index contributed by atoms with van der Waals surface area (Å²) >= 11 is 6.58. The van der Waals surface area contributed by atoms with Gasteiger partial charge < -0.3 is 24.8 Å². The lowest BCUT2D eigenvalue weighted by Crippen LogP contribution is -2.50. The van der Waals surface area contributed by atoms with Crippen molar-refractivity contribution >= 4 is 46.2 Å². The normalized spacial score (nSPS) is 16.3. The molecule has 2 aromatic carbocycles. The maximum Gasteiger partial charge on any atom is 0.270 e. The standard InChI is InChI=1S/C25H30ClN5O5/c1-17(2)25(33)30-9-7-28(8-10-30)23-5-3-18(15-21(23)26)27-24(32)20-16-19(31(34)35)4-6-22(20)29-11-13-36-14-12-29/h3-6,15-17H,7-14H2,1-2H3,(H,27,32). The lowest BCUT2D eigenvalue weighted by molar-refractivity contribution is -0.384. The number of nitrogens with one attached hydrogen (secondary N) is 1. The van der Waals surface area contributed by atoms with Crippen LogP contribution in [0.3, 0.4) is 0 Å². The van der Waals surface area contributed by atoms with E-state index in [1.165, 1.54) is 12.1 Å². The monoisotopic (exact) mass is 515 g/mol. The molecule has 2 fully saturated rings. The molecule has 0 radical (unpaired) electrons. The summed E-state index contributed by atoms with van der Waals surface area (Å²) in [7, 11) is 0. The number of anilines is 3. The Morgan fingerprint density at radius 1 is 0.972 bits per heavy atom. The van der Waals surface area contributed by atoms with Crippen molar-refractivity contribution < 1.29 is 19.2 Å². The van der Waals surface area contributed by atoms with Crippen LogP contribution in [0.1, 0.15) is 24.2 Å². The fraction of sp³-hybridized carbons (Fsp3) is 0.440. The maximum absolute atomic E-state index is 13.2. The number of morpholine rings is 1. The Morgan fingerprint density at radius 2 is 1.61 bits per heavy atom. The maximum atomic E-state index is 13.2. The second-order valence-electron chi connectivity index (χ2n) is 9.15. The molecule has 0 aliphatic carbocycles. The Morgan fingerprint density at radius 3 is 2.22 bits per heavy atom. The van der Waals surface area contributed by atoms with E-state index >= 15 is 0 Å². The summed E-state index contributed by atoms with van der Waals surface area (Å²) in [5.74, 6) is -0.334. The Hall–Kier alpha value is -3.37. The number of non-ortho nitro benzene ring substituents is 1. The highest BCUT2D eigenvalue weighted by Gasteiger charge is 2.25. The van der Waals surface area contributed by atoms with Gasteiger partial charge in [0.1, 0.15) is 0 Å². The first kappa shape index (κ1) is 25.7. The average molecular weight is 516 g/mol. The van der Waals surface area contributed by atoms with Gasteiger partial charge in [-0.15, -0.1) is 0 Å². The number of amides is 2. The fourth-order valence-corrected chi connectivity index (χ4v) is 4.77. The van der Waals surface area contributed by atoms with Crippen LogP contribution in [0.25, 0.3) is 0 Å². The number of nitro groups is 1. The van der Waals surface area contributed by atoms with Crippen LogP contribution in [0.5, 0.6) is 0 Å². The Balaban J connectivity index is 1.49. The quantitative estimate of drug-likeness (QED) is 0.462. The molecule has 2 aliphatic heterocycles. The topological polar surface area (TPSA) is 108 Å². The minimum atomic E-state index is -0.514. The summed E-state index contributed by atoms with van der Waals surface area (Å²) in [5, 5.41) is 14.7. The molecule has 4 rings (SSSR count). The van der Waals surface area contributed by atoms with E-state index < -0.39 is 10.8 Å². The van der Waals surface area contributed by atoms with Gasteiger partial charge in [-0.25, -0.2) is 0 Å². The van der Waals surface area contributed by atoms with Crippen LogP contribution < -0.4 is 15.1 Å². The van der Waals surface area contributed by atoms with E-state index in [0.29, 0.717) is 68.9 Å². The minimum absolute atomic E-state index is 0.0298. The number of carbonyl (C=O) groups excluding carboxylic acids is 2. The smallest absolute Gasteiger partial charge is 0.270 e. The highest BCUT2D eigenvalue weighted by Crippen LogP contribution is 2.31. The molecule has 2 aliphatic rings. The summed E-state index contributed by atoms with van der Waals surface area (Å²) in [6.07, 6.45) is 0. The van der Waals surface area contributed by atoms with Gasteiger partial charge in [0.25, 0.3) is 11.6 Å². The molecule has 192 valence electrons. The Bertz CT molecular complexity index is 1140. The van der Waals surface area contributed by atoms with Gasteiger partial charge in [0.05, 0.1) is 40.1 Å². The van der Waals surface area contributed by atoms with Gasteiger partial charge in [0.2, 0.25) is 5.91 Å². The first-order chi connectivity index (χ1) is 17.2. The van der Waals surface area contributed by atoms with E-state index in [1.54, 1.807) is 18.2 Å². The molecular weight excluding hydrogens is 486 g/mol. The molecule has 0 bridgehead atoms. The SMILES string of the molecule is CC(C)C(=O)N1CCN(c2ccc(NC(=O)c3cc([N+](=O)[O-])ccc3N3CCOCC3)cc2Cl)CC1. The van der Waals surface area contributed by atoms with Crippen LogP contribution >= 0.6 is 11.6 Å². The van der Waals surface area contributed by atoms with Crippen molar-refractivity contribution in [3.8, 4) is 0 Å². The van der Waals surface area contributed by atoms with Crippen LogP contribution in [-0.4, -0.2) is 74.1 Å². The first-order valence-electron chi connectivity index (χ1n) is 12.0. The lowest BCUT2D eigenvalue weighted by atomic mass is 10.1. The third-order valence-corrected chi connectivity index (χ3v) is 6.72. The average Bonchev–Trinajstić information content (AvgIpc) is 2.88. The third kappa shape index (κ3) is 5.71. The number of carbonyl (C=O) groups is 2. The third-order valence-electron chi connectivity index (χ3n) is 6.42. The molecule has 1 N–H and O–H groups in total. The van der Waals surface area contributed by atoms with Crippen molar-refractivity contribution in [2.75, 3.05) is 67.6 Å². The van der Waals surface area contributed by atoms with Gasteiger partial charge in [-0.3, -0.25) is 19.7 Å². The highest BCUT2D eigenvalue weighted by atomic mass is 35.5. The number of rotatable bonds is 6. The number of nitrogens with zero attached hydrogens (tertiary/aromatic N) is 4. The number of hydrogen-bond acceptors (Lipinski definition) is 7. The molecule has 36 heavy (non-hydrogen) atoms. The molecular formula is C25H30ClN5O5. The predicted octanol–water partition coefficient (Wildman–Crippen LogP) is 3.64. The molecule has 2 amide bonds. The molecule has 0 unspecified atom stereocenters. The minimum Gasteiger partial charge on any atom is -0.378 e. The molecule has 2 aromatic rings. The molecule has 0 spiro atoms. The van der Waals surface area contributed by atoms with E-state index in [1.807, 2.05) is 29.7 Å². The van der Waals surface area contributed by atoms with Crippen molar-refractivity contribution in [1.29, 1.82) is 0 Å². The molecule has 2 saturated heterocycles. The van der Waals surface area contributed by atoms with Crippen molar-refractivity contribution in [3.05, 3.63) is 57.1 Å². The summed E-state index contributed by atoms with van der Waals surface area (Å²) in [6.45, 7) is 8.62. The summed E-state index contributed by atoms with van der Waals surface area (Å²) in [5.41, 5.74) is 2.01. The van der Waals surface area contributed by atoms with Crippen molar-refractivity contribution in [3.63, 3.8) is 0 Å². The van der Waals surface area contributed by atoms with Crippen LogP contribution in [0.15, 0.2) is 36.4 Å². The van der Waals surface area contributed by atoms with Crippen molar-refractivity contribution in [1.82, 2.24) is 4.90 Å².